The SMILES string of the molecule is C/C=C/COc1cc(C)c(CCOc2nc(/C(C)=N/OC)cs2)c(C)c1. The van der Waals surface area contributed by atoms with Gasteiger partial charge in [0.25, 0.3) is 5.19 Å². The van der Waals surface area contributed by atoms with Crippen LogP contribution in [0.4, 0.5) is 0 Å². The minimum absolute atomic E-state index is 0.577. The molecule has 1 aromatic heterocycles. The highest BCUT2D eigenvalue weighted by Crippen LogP contribution is 2.24. The molecule has 0 fully saturated rings. The Morgan fingerprint density at radius 1 is 1.23 bits per heavy atom. The average molecular weight is 375 g/mol. The summed E-state index contributed by atoms with van der Waals surface area (Å²) in [6, 6.07) is 4.16. The van der Waals surface area contributed by atoms with Gasteiger partial charge in [-0.3, -0.25) is 0 Å². The van der Waals surface area contributed by atoms with E-state index >= 15 is 0 Å². The van der Waals surface area contributed by atoms with Crippen LogP contribution < -0.4 is 9.47 Å². The van der Waals surface area contributed by atoms with Gasteiger partial charge in [0.15, 0.2) is 0 Å². The molecule has 0 bridgehead atoms. The molecule has 0 aliphatic rings. The second-order valence-corrected chi connectivity index (χ2v) is 6.69. The van der Waals surface area contributed by atoms with Gasteiger partial charge in [-0.1, -0.05) is 28.6 Å². The molecule has 26 heavy (non-hydrogen) atoms. The molecule has 0 atom stereocenters. The molecule has 2 rings (SSSR count). The monoisotopic (exact) mass is 374 g/mol. The van der Waals surface area contributed by atoms with Crippen molar-refractivity contribution in [2.45, 2.75) is 34.1 Å². The van der Waals surface area contributed by atoms with Crippen molar-refractivity contribution >= 4 is 17.0 Å². The fourth-order valence-electron chi connectivity index (χ4n) is 2.59. The van der Waals surface area contributed by atoms with Crippen LogP contribution in [0.25, 0.3) is 0 Å². The quantitative estimate of drug-likeness (QED) is 0.362. The van der Waals surface area contributed by atoms with E-state index in [0.29, 0.717) is 18.4 Å². The molecule has 0 saturated heterocycles. The molecular weight excluding hydrogens is 348 g/mol. The summed E-state index contributed by atoms with van der Waals surface area (Å²) in [6.45, 7) is 9.23. The van der Waals surface area contributed by atoms with Crippen molar-refractivity contribution < 1.29 is 14.3 Å². The summed E-state index contributed by atoms with van der Waals surface area (Å²) >= 11 is 1.46. The molecule has 140 valence electrons. The largest absolute Gasteiger partial charge is 0.490 e. The number of hydrogen-bond donors (Lipinski definition) is 0. The fraction of sp³-hybridized carbons (Fsp3) is 0.400. The third kappa shape index (κ3) is 5.59. The first-order valence-electron chi connectivity index (χ1n) is 8.55. The van der Waals surface area contributed by atoms with Crippen molar-refractivity contribution in [3.05, 3.63) is 52.0 Å². The second kappa shape index (κ2) is 9.97. The number of nitrogens with zero attached hydrogens (tertiary/aromatic N) is 2. The van der Waals surface area contributed by atoms with Gasteiger partial charge in [-0.05, 0) is 56.5 Å². The standard InChI is InChI=1S/C20H26N2O3S/c1-6-7-9-24-17-11-14(2)18(15(3)12-17)8-10-25-20-21-19(13-26-20)16(4)22-23-5/h6-7,11-13H,8-10H2,1-5H3/b7-6+,22-16+. The third-order valence-electron chi connectivity index (χ3n) is 3.91. The Kier molecular flexibility index (Phi) is 7.66. The van der Waals surface area contributed by atoms with Gasteiger partial charge < -0.3 is 14.3 Å². The summed E-state index contributed by atoms with van der Waals surface area (Å²) in [5.74, 6) is 0.903. The first-order chi connectivity index (χ1) is 12.5. The molecule has 0 unspecified atom stereocenters. The Labute approximate surface area is 159 Å². The number of allylic oxidation sites excluding steroid dienone is 1. The summed E-state index contributed by atoms with van der Waals surface area (Å²) in [5.41, 5.74) is 5.23. The predicted octanol–water partition coefficient (Wildman–Crippen LogP) is 4.71. The molecule has 0 amide bonds. The molecule has 5 nitrogen and oxygen atoms in total. The first-order valence-corrected chi connectivity index (χ1v) is 9.43. The molecule has 1 heterocycles. The van der Waals surface area contributed by atoms with E-state index in [9.17, 15) is 0 Å². The maximum atomic E-state index is 5.81. The number of oxime groups is 1. The van der Waals surface area contributed by atoms with Gasteiger partial charge in [-0.15, -0.1) is 0 Å². The van der Waals surface area contributed by atoms with E-state index in [1.807, 2.05) is 31.4 Å². The average Bonchev–Trinajstić information content (AvgIpc) is 3.07. The maximum absolute atomic E-state index is 5.81. The van der Waals surface area contributed by atoms with E-state index in [0.717, 1.165) is 23.6 Å². The Morgan fingerprint density at radius 2 is 1.96 bits per heavy atom. The summed E-state index contributed by atoms with van der Waals surface area (Å²) in [6.07, 6.45) is 4.80. The zero-order valence-corrected chi connectivity index (χ0v) is 16.9. The molecule has 1 aromatic carbocycles. The van der Waals surface area contributed by atoms with Crippen LogP contribution in [0, 0.1) is 13.8 Å². The van der Waals surface area contributed by atoms with Crippen LogP contribution in [0.5, 0.6) is 10.9 Å². The Bertz CT molecular complexity index is 758. The first kappa shape index (κ1) is 20.0. The highest BCUT2D eigenvalue weighted by atomic mass is 32.1. The predicted molar refractivity (Wildman–Crippen MR) is 107 cm³/mol. The van der Waals surface area contributed by atoms with Crippen molar-refractivity contribution in [3.8, 4) is 10.9 Å². The van der Waals surface area contributed by atoms with Crippen LogP contribution in [0.15, 0.2) is 34.8 Å². The number of benzene rings is 1. The van der Waals surface area contributed by atoms with E-state index in [1.54, 1.807) is 0 Å². The number of aryl methyl sites for hydroxylation is 2. The van der Waals surface area contributed by atoms with Gasteiger partial charge in [-0.25, -0.2) is 4.98 Å². The van der Waals surface area contributed by atoms with E-state index in [-0.39, 0.29) is 0 Å². The lowest BCUT2D eigenvalue weighted by Crippen LogP contribution is -2.05. The summed E-state index contributed by atoms with van der Waals surface area (Å²) in [4.78, 5) is 9.19. The topological polar surface area (TPSA) is 52.9 Å². The smallest absolute Gasteiger partial charge is 0.273 e. The number of thiazole rings is 1. The van der Waals surface area contributed by atoms with E-state index in [2.05, 4.69) is 36.1 Å². The molecule has 0 saturated carbocycles. The van der Waals surface area contributed by atoms with Crippen LogP contribution in [0.2, 0.25) is 0 Å². The molecule has 0 spiro atoms. The molecule has 2 aromatic rings. The summed E-state index contributed by atoms with van der Waals surface area (Å²) in [7, 11) is 1.52. The van der Waals surface area contributed by atoms with Crippen molar-refractivity contribution in [1.82, 2.24) is 4.98 Å². The van der Waals surface area contributed by atoms with Crippen LogP contribution >= 0.6 is 11.3 Å². The number of rotatable bonds is 9. The highest BCUT2D eigenvalue weighted by molar-refractivity contribution is 7.11. The highest BCUT2D eigenvalue weighted by Gasteiger charge is 2.09. The van der Waals surface area contributed by atoms with Crippen molar-refractivity contribution in [1.29, 1.82) is 0 Å². The van der Waals surface area contributed by atoms with Crippen LogP contribution in [-0.4, -0.2) is 31.0 Å². The van der Waals surface area contributed by atoms with Gasteiger partial charge in [0.2, 0.25) is 0 Å². The Balaban J connectivity index is 1.94. The van der Waals surface area contributed by atoms with Crippen molar-refractivity contribution in [2.75, 3.05) is 20.3 Å². The van der Waals surface area contributed by atoms with E-state index in [4.69, 9.17) is 14.3 Å². The molecule has 0 aliphatic heterocycles. The molecular formula is C20H26N2O3S. The second-order valence-electron chi connectivity index (χ2n) is 5.87. The molecule has 0 aliphatic carbocycles. The number of ether oxygens (including phenoxy) is 2. The third-order valence-corrected chi connectivity index (χ3v) is 4.66. The van der Waals surface area contributed by atoms with Crippen LogP contribution in [-0.2, 0) is 11.3 Å². The van der Waals surface area contributed by atoms with E-state index in [1.165, 1.54) is 35.1 Å². The summed E-state index contributed by atoms with van der Waals surface area (Å²) < 4.78 is 11.5. The van der Waals surface area contributed by atoms with Crippen LogP contribution in [0.3, 0.4) is 0 Å². The molecule has 6 heteroatoms. The fourth-order valence-corrected chi connectivity index (χ4v) is 3.32. The maximum Gasteiger partial charge on any atom is 0.273 e. The molecule has 0 N–H and O–H groups in total. The summed E-state index contributed by atoms with van der Waals surface area (Å²) in [5, 5.41) is 6.45. The minimum Gasteiger partial charge on any atom is -0.490 e. The zero-order valence-electron chi connectivity index (χ0n) is 16.0. The number of aromatic nitrogens is 1. The zero-order chi connectivity index (χ0) is 18.9. The Morgan fingerprint density at radius 3 is 2.62 bits per heavy atom. The van der Waals surface area contributed by atoms with Gasteiger partial charge >= 0.3 is 0 Å². The van der Waals surface area contributed by atoms with E-state index < -0.39 is 0 Å². The molecule has 0 radical (unpaired) electrons. The van der Waals surface area contributed by atoms with Gasteiger partial charge in [0.05, 0.1) is 6.61 Å². The lowest BCUT2D eigenvalue weighted by atomic mass is 10.00. The minimum atomic E-state index is 0.577. The van der Waals surface area contributed by atoms with Gasteiger partial charge in [0.1, 0.15) is 30.9 Å². The number of hydrogen-bond acceptors (Lipinski definition) is 6. The Hall–Kier alpha value is -2.34. The lowest BCUT2D eigenvalue weighted by molar-refractivity contribution is 0.213. The van der Waals surface area contributed by atoms with Crippen molar-refractivity contribution in [2.24, 2.45) is 5.16 Å². The lowest BCUT2D eigenvalue weighted by Gasteiger charge is -2.13. The van der Waals surface area contributed by atoms with Gasteiger partial charge in [0, 0.05) is 11.8 Å². The van der Waals surface area contributed by atoms with Crippen molar-refractivity contribution in [3.63, 3.8) is 0 Å². The normalized spacial score (nSPS) is 11.8. The van der Waals surface area contributed by atoms with Crippen LogP contribution in [0.1, 0.15) is 36.2 Å². The van der Waals surface area contributed by atoms with Gasteiger partial charge in [-0.2, -0.15) is 0 Å².